The molecule has 0 radical (unpaired) electrons. The molecule has 0 aliphatic carbocycles. The van der Waals surface area contributed by atoms with Gasteiger partial charge < -0.3 is 14.4 Å². The van der Waals surface area contributed by atoms with Crippen molar-refractivity contribution in [1.82, 2.24) is 5.06 Å². The quantitative estimate of drug-likeness (QED) is 0.778. The molecule has 1 aromatic rings. The number of ether oxygens (including phenoxy) is 2. The molecule has 2 rings (SSSR count). The van der Waals surface area contributed by atoms with E-state index in [1.54, 1.807) is 11.1 Å². The molecule has 0 unspecified atom stereocenters. The first-order valence-corrected chi connectivity index (χ1v) is 6.12. The lowest BCUT2D eigenvalue weighted by Crippen LogP contribution is -2.51. The number of anilines is 1. The maximum Gasteiger partial charge on any atom is 0.242 e. The molecule has 1 aliphatic rings. The third-order valence-electron chi connectivity index (χ3n) is 3.01. The topological polar surface area (TPSA) is 34.2 Å². The lowest BCUT2D eigenvalue weighted by molar-refractivity contribution is -0.331. The second kappa shape index (κ2) is 6.29. The highest BCUT2D eigenvalue weighted by Gasteiger charge is 2.26. The first kappa shape index (κ1) is 14.2. The van der Waals surface area contributed by atoms with E-state index in [1.807, 2.05) is 17.9 Å². The third-order valence-corrected chi connectivity index (χ3v) is 3.01. The number of benzene rings is 1. The van der Waals surface area contributed by atoms with Crippen molar-refractivity contribution in [2.75, 3.05) is 38.9 Å². The Morgan fingerprint density at radius 2 is 2.05 bits per heavy atom. The average molecular weight is 270 g/mol. The summed E-state index contributed by atoms with van der Waals surface area (Å²) in [5, 5.41) is 1.55. The summed E-state index contributed by atoms with van der Waals surface area (Å²) < 4.78 is 24.2. The molecule has 0 aromatic heterocycles. The van der Waals surface area contributed by atoms with E-state index < -0.39 is 6.41 Å². The van der Waals surface area contributed by atoms with Crippen LogP contribution >= 0.6 is 0 Å². The van der Waals surface area contributed by atoms with Crippen molar-refractivity contribution in [2.24, 2.45) is 0 Å². The van der Waals surface area contributed by atoms with E-state index in [2.05, 4.69) is 0 Å². The Kier molecular flexibility index (Phi) is 4.71. The van der Waals surface area contributed by atoms with Crippen molar-refractivity contribution in [3.63, 3.8) is 0 Å². The largest absolute Gasteiger partial charge is 0.351 e. The van der Waals surface area contributed by atoms with Crippen molar-refractivity contribution in [1.29, 1.82) is 0 Å². The van der Waals surface area contributed by atoms with Gasteiger partial charge in [0.2, 0.25) is 6.41 Å². The first-order chi connectivity index (χ1) is 9.15. The van der Waals surface area contributed by atoms with E-state index in [0.29, 0.717) is 25.5 Å². The molecule has 0 atom stereocenters. The van der Waals surface area contributed by atoms with Crippen molar-refractivity contribution >= 4 is 5.69 Å². The number of hydroxylamine groups is 2. The van der Waals surface area contributed by atoms with Crippen LogP contribution in [-0.4, -0.2) is 45.5 Å². The lowest BCUT2D eigenvalue weighted by atomic mass is 10.2. The zero-order valence-electron chi connectivity index (χ0n) is 11.4. The van der Waals surface area contributed by atoms with Gasteiger partial charge in [0, 0.05) is 20.8 Å². The van der Waals surface area contributed by atoms with Gasteiger partial charge in [-0.05, 0) is 24.6 Å². The lowest BCUT2D eigenvalue weighted by Gasteiger charge is -2.38. The van der Waals surface area contributed by atoms with E-state index in [4.69, 9.17) is 14.3 Å². The Balaban J connectivity index is 2.14. The number of hydrogen-bond donors (Lipinski definition) is 0. The number of hydrogen-bond acceptors (Lipinski definition) is 5. The Morgan fingerprint density at radius 1 is 1.32 bits per heavy atom. The number of halogens is 1. The highest BCUT2D eigenvalue weighted by atomic mass is 19.1. The molecule has 19 heavy (non-hydrogen) atoms. The van der Waals surface area contributed by atoms with Gasteiger partial charge in [-0.15, -0.1) is 5.06 Å². The minimum atomic E-state index is -0.601. The molecule has 0 N–H and O–H groups in total. The zero-order valence-corrected chi connectivity index (χ0v) is 11.4. The minimum absolute atomic E-state index is 0.237. The van der Waals surface area contributed by atoms with Crippen LogP contribution in [0.5, 0.6) is 0 Å². The van der Waals surface area contributed by atoms with Crippen LogP contribution in [0.3, 0.4) is 0 Å². The molecule has 1 saturated heterocycles. The fraction of sp³-hybridized carbons (Fsp3) is 0.538. The molecule has 106 valence electrons. The second-order valence-corrected chi connectivity index (χ2v) is 4.39. The summed E-state index contributed by atoms with van der Waals surface area (Å²) >= 11 is 0. The molecule has 0 bridgehead atoms. The SMILES string of the molecule is COC(OC)N1CN(c2cc(C)ccc2F)CCO1. The normalized spacial score (nSPS) is 17.2. The molecule has 1 aromatic carbocycles. The average Bonchev–Trinajstić information content (AvgIpc) is 2.43. The Bertz CT molecular complexity index is 426. The van der Waals surface area contributed by atoms with Gasteiger partial charge in [0.25, 0.3) is 0 Å². The molecule has 1 fully saturated rings. The summed E-state index contributed by atoms with van der Waals surface area (Å²) in [6, 6.07) is 5.06. The van der Waals surface area contributed by atoms with Gasteiger partial charge in [-0.2, -0.15) is 0 Å². The van der Waals surface area contributed by atoms with Gasteiger partial charge in [-0.25, -0.2) is 4.39 Å². The van der Waals surface area contributed by atoms with E-state index in [0.717, 1.165) is 5.56 Å². The number of nitrogens with zero attached hydrogens (tertiary/aromatic N) is 2. The maximum atomic E-state index is 13.9. The predicted octanol–water partition coefficient (Wildman–Crippen LogP) is 1.72. The van der Waals surface area contributed by atoms with Gasteiger partial charge in [-0.1, -0.05) is 6.07 Å². The van der Waals surface area contributed by atoms with Crippen LogP contribution in [0, 0.1) is 12.7 Å². The summed E-state index contributed by atoms with van der Waals surface area (Å²) in [7, 11) is 3.06. The van der Waals surface area contributed by atoms with Crippen molar-refractivity contribution in [2.45, 2.75) is 13.3 Å². The van der Waals surface area contributed by atoms with Crippen LogP contribution in [0.4, 0.5) is 10.1 Å². The summed E-state index contributed by atoms with van der Waals surface area (Å²) in [5.74, 6) is -0.237. The van der Waals surface area contributed by atoms with Gasteiger partial charge in [0.15, 0.2) is 0 Å². The van der Waals surface area contributed by atoms with Crippen LogP contribution in [0.1, 0.15) is 5.56 Å². The van der Waals surface area contributed by atoms with Gasteiger partial charge in [0.1, 0.15) is 12.5 Å². The molecule has 1 aliphatic heterocycles. The summed E-state index contributed by atoms with van der Waals surface area (Å²) in [6.07, 6.45) is -0.601. The molecule has 0 saturated carbocycles. The highest BCUT2D eigenvalue weighted by molar-refractivity contribution is 5.49. The van der Waals surface area contributed by atoms with E-state index in [9.17, 15) is 4.39 Å². The highest BCUT2D eigenvalue weighted by Crippen LogP contribution is 2.23. The summed E-state index contributed by atoms with van der Waals surface area (Å²) in [5.41, 5.74) is 1.59. The first-order valence-electron chi connectivity index (χ1n) is 6.12. The van der Waals surface area contributed by atoms with Crippen LogP contribution < -0.4 is 4.90 Å². The monoisotopic (exact) mass is 270 g/mol. The van der Waals surface area contributed by atoms with Crippen LogP contribution in [-0.2, 0) is 14.3 Å². The van der Waals surface area contributed by atoms with Crippen LogP contribution in [0.25, 0.3) is 0 Å². The smallest absolute Gasteiger partial charge is 0.242 e. The fourth-order valence-electron chi connectivity index (χ4n) is 2.07. The number of methoxy groups -OCH3 is 2. The predicted molar refractivity (Wildman–Crippen MR) is 68.9 cm³/mol. The molecule has 6 heteroatoms. The summed E-state index contributed by atoms with van der Waals surface area (Å²) in [4.78, 5) is 7.36. The van der Waals surface area contributed by atoms with E-state index in [-0.39, 0.29) is 5.82 Å². The van der Waals surface area contributed by atoms with Gasteiger partial charge in [-0.3, -0.25) is 4.84 Å². The zero-order chi connectivity index (χ0) is 13.8. The molecular formula is C13H19FN2O3. The second-order valence-electron chi connectivity index (χ2n) is 4.39. The van der Waals surface area contributed by atoms with Crippen LogP contribution in [0.2, 0.25) is 0 Å². The van der Waals surface area contributed by atoms with E-state index >= 15 is 0 Å². The molecule has 1 heterocycles. The molecule has 0 spiro atoms. The Hall–Kier alpha value is -1.21. The van der Waals surface area contributed by atoms with Crippen molar-refractivity contribution in [3.8, 4) is 0 Å². The van der Waals surface area contributed by atoms with Crippen molar-refractivity contribution < 1.29 is 18.7 Å². The Labute approximate surface area is 112 Å². The van der Waals surface area contributed by atoms with Crippen molar-refractivity contribution in [3.05, 3.63) is 29.6 Å². The minimum Gasteiger partial charge on any atom is -0.351 e. The maximum absolute atomic E-state index is 13.9. The fourth-order valence-corrected chi connectivity index (χ4v) is 2.07. The molecular weight excluding hydrogens is 251 g/mol. The standard InChI is InChI=1S/C13H19FN2O3/c1-10-4-5-11(14)12(8-10)15-6-7-19-16(9-15)13(17-2)18-3/h4-5,8,13H,6-7,9H2,1-3H3. The van der Waals surface area contributed by atoms with Gasteiger partial charge in [0.05, 0.1) is 12.3 Å². The third kappa shape index (κ3) is 3.22. The van der Waals surface area contributed by atoms with Crippen LogP contribution in [0.15, 0.2) is 18.2 Å². The number of rotatable bonds is 4. The molecule has 5 nitrogen and oxygen atoms in total. The number of aryl methyl sites for hydroxylation is 1. The Morgan fingerprint density at radius 3 is 2.74 bits per heavy atom. The molecule has 0 amide bonds. The summed E-state index contributed by atoms with van der Waals surface area (Å²) in [6.45, 7) is 3.40. The van der Waals surface area contributed by atoms with Gasteiger partial charge >= 0.3 is 0 Å². The van der Waals surface area contributed by atoms with E-state index in [1.165, 1.54) is 20.3 Å².